The molecule has 5 heteroatoms. The largest absolute Gasteiger partial charge is 0.772 e. The predicted octanol–water partition coefficient (Wildman–Crippen LogP) is -0.414. The molecule has 1 rings (SSSR count). The maximum atomic E-state index is 10.5. The highest BCUT2D eigenvalue weighted by molar-refractivity contribution is 7.79. The van der Waals surface area contributed by atoms with Crippen LogP contribution in [0.25, 0.3) is 0 Å². The van der Waals surface area contributed by atoms with Crippen LogP contribution in [-0.2, 0) is 15.8 Å². The molecule has 0 bridgehead atoms. The first-order chi connectivity index (χ1) is 5.58. The Morgan fingerprint density at radius 3 is 2.58 bits per heavy atom. The highest BCUT2D eigenvalue weighted by Crippen LogP contribution is 2.24. The molecule has 1 aliphatic rings. The summed E-state index contributed by atoms with van der Waals surface area (Å²) in [6.07, 6.45) is 0. The molecule has 0 aliphatic carbocycles. The van der Waals surface area contributed by atoms with Crippen molar-refractivity contribution in [2.75, 3.05) is 32.5 Å². The summed E-state index contributed by atoms with van der Waals surface area (Å²) in [7, 11) is 1.95. The fourth-order valence-electron chi connectivity index (χ4n) is 1.68. The molecule has 0 aromatic rings. The molecule has 1 saturated heterocycles. The number of ether oxygens (including phenoxy) is 1. The molecule has 0 radical (unpaired) electrons. The number of likely N-dealkylation sites (tertiary alicyclic amines) is 1. The minimum Gasteiger partial charge on any atom is -0.772 e. The summed E-state index contributed by atoms with van der Waals surface area (Å²) in [6.45, 7) is 3.89. The van der Waals surface area contributed by atoms with Crippen LogP contribution in [0.4, 0.5) is 0 Å². The third-order valence-corrected chi connectivity index (χ3v) is 2.71. The van der Waals surface area contributed by atoms with Crippen LogP contribution >= 0.6 is 0 Å². The van der Waals surface area contributed by atoms with Gasteiger partial charge in [0.2, 0.25) is 0 Å². The van der Waals surface area contributed by atoms with Gasteiger partial charge in [0.1, 0.15) is 5.60 Å². The first kappa shape index (κ1) is 10.1. The Balaban J connectivity index is 2.44. The van der Waals surface area contributed by atoms with Gasteiger partial charge in [-0.15, -0.1) is 0 Å². The van der Waals surface area contributed by atoms with Gasteiger partial charge < -0.3 is 14.2 Å². The fourth-order valence-corrected chi connectivity index (χ4v) is 2.38. The molecule has 0 aromatic carbocycles. The monoisotopic (exact) mass is 192 g/mol. The Kier molecular flexibility index (Phi) is 3.22. The van der Waals surface area contributed by atoms with Gasteiger partial charge >= 0.3 is 0 Å². The molecule has 12 heavy (non-hydrogen) atoms. The predicted molar refractivity (Wildman–Crippen MR) is 45.6 cm³/mol. The van der Waals surface area contributed by atoms with E-state index < -0.39 is 16.7 Å². The lowest BCUT2D eigenvalue weighted by molar-refractivity contribution is -0.116. The van der Waals surface area contributed by atoms with Crippen LogP contribution in [0.1, 0.15) is 6.92 Å². The average molecular weight is 192 g/mol. The Morgan fingerprint density at radius 2 is 2.25 bits per heavy atom. The van der Waals surface area contributed by atoms with Crippen molar-refractivity contribution >= 4 is 11.1 Å². The van der Waals surface area contributed by atoms with Crippen molar-refractivity contribution in [1.82, 2.24) is 4.90 Å². The van der Waals surface area contributed by atoms with Crippen molar-refractivity contribution in [2.45, 2.75) is 12.5 Å². The molecule has 0 amide bonds. The second-order valence-corrected chi connectivity index (χ2v) is 4.13. The lowest BCUT2D eigenvalue weighted by atomic mass is 9.97. The molecule has 1 atom stereocenters. The van der Waals surface area contributed by atoms with E-state index >= 15 is 0 Å². The molecule has 0 N–H and O–H groups in total. The zero-order valence-corrected chi connectivity index (χ0v) is 8.23. The molecule has 0 spiro atoms. The fraction of sp³-hybridized carbons (Fsp3) is 1.00. The van der Waals surface area contributed by atoms with E-state index in [1.54, 1.807) is 0 Å². The van der Waals surface area contributed by atoms with E-state index in [9.17, 15) is 8.76 Å². The molecule has 0 aromatic heterocycles. The van der Waals surface area contributed by atoms with Crippen molar-refractivity contribution < 1.29 is 13.5 Å². The van der Waals surface area contributed by atoms with Gasteiger partial charge in [-0.2, -0.15) is 0 Å². The van der Waals surface area contributed by atoms with Gasteiger partial charge in [-0.3, -0.25) is 4.21 Å². The van der Waals surface area contributed by atoms with Crippen LogP contribution in [0.2, 0.25) is 0 Å². The van der Waals surface area contributed by atoms with E-state index in [0.29, 0.717) is 6.61 Å². The van der Waals surface area contributed by atoms with Gasteiger partial charge in [0.25, 0.3) is 0 Å². The Morgan fingerprint density at radius 1 is 1.67 bits per heavy atom. The van der Waals surface area contributed by atoms with E-state index in [1.807, 2.05) is 18.9 Å². The third kappa shape index (κ3) is 2.26. The van der Waals surface area contributed by atoms with E-state index in [4.69, 9.17) is 4.74 Å². The van der Waals surface area contributed by atoms with Gasteiger partial charge in [-0.05, 0) is 14.0 Å². The molecule has 4 nitrogen and oxygen atoms in total. The first-order valence-electron chi connectivity index (χ1n) is 3.96. The van der Waals surface area contributed by atoms with Crippen molar-refractivity contribution in [3.8, 4) is 0 Å². The van der Waals surface area contributed by atoms with Crippen molar-refractivity contribution in [1.29, 1.82) is 0 Å². The van der Waals surface area contributed by atoms with E-state index in [-0.39, 0.29) is 5.75 Å². The van der Waals surface area contributed by atoms with Gasteiger partial charge in [0.15, 0.2) is 0 Å². The van der Waals surface area contributed by atoms with Gasteiger partial charge in [0.05, 0.1) is 0 Å². The second-order valence-electron chi connectivity index (χ2n) is 3.24. The highest BCUT2D eigenvalue weighted by atomic mass is 32.2. The summed E-state index contributed by atoms with van der Waals surface area (Å²) in [4.78, 5) is 2.04. The first-order valence-corrected chi connectivity index (χ1v) is 5.21. The second kappa shape index (κ2) is 3.83. The number of likely N-dealkylation sites (N-methyl/N-ethyl adjacent to an activating group) is 1. The Hall–Kier alpha value is 0.0300. The molecule has 1 aliphatic heterocycles. The summed E-state index contributed by atoms with van der Waals surface area (Å²) in [6, 6.07) is 0. The molecule has 1 fully saturated rings. The third-order valence-electron chi connectivity index (χ3n) is 1.95. The van der Waals surface area contributed by atoms with E-state index in [2.05, 4.69) is 0 Å². The summed E-state index contributed by atoms with van der Waals surface area (Å²) in [5, 5.41) is 0. The van der Waals surface area contributed by atoms with Gasteiger partial charge in [-0.1, -0.05) is 11.1 Å². The number of nitrogens with zero attached hydrogens (tertiary/aromatic N) is 1. The maximum Gasteiger partial charge on any atom is 0.104 e. The average Bonchev–Trinajstić information content (AvgIpc) is 1.83. The van der Waals surface area contributed by atoms with Crippen LogP contribution < -0.4 is 0 Å². The van der Waals surface area contributed by atoms with E-state index in [1.165, 1.54) is 0 Å². The summed E-state index contributed by atoms with van der Waals surface area (Å²) in [5.74, 6) is 0.116. The minimum absolute atomic E-state index is 0.116. The lowest BCUT2D eigenvalue weighted by Crippen LogP contribution is -2.64. The van der Waals surface area contributed by atoms with Crippen LogP contribution in [0, 0.1) is 0 Å². The highest BCUT2D eigenvalue weighted by Gasteiger charge is 2.41. The summed E-state index contributed by atoms with van der Waals surface area (Å²) in [5.41, 5.74) is -0.421. The zero-order valence-electron chi connectivity index (χ0n) is 7.41. The molecule has 1 heterocycles. The normalized spacial score (nSPS) is 24.9. The van der Waals surface area contributed by atoms with Crippen LogP contribution in [-0.4, -0.2) is 51.8 Å². The number of hydrogen-bond acceptors (Lipinski definition) is 4. The lowest BCUT2D eigenvalue weighted by Gasteiger charge is -2.48. The Bertz CT molecular complexity index is 174. The molecular formula is C7H14NO3S-. The smallest absolute Gasteiger partial charge is 0.104 e. The molecular weight excluding hydrogens is 178 g/mol. The summed E-state index contributed by atoms with van der Waals surface area (Å²) < 4.78 is 26.4. The van der Waals surface area contributed by atoms with Crippen LogP contribution in [0.3, 0.4) is 0 Å². The van der Waals surface area contributed by atoms with Crippen molar-refractivity contribution in [3.05, 3.63) is 0 Å². The molecule has 1 unspecified atom stereocenters. The minimum atomic E-state index is -2.00. The zero-order chi connectivity index (χ0) is 9.19. The van der Waals surface area contributed by atoms with Crippen molar-refractivity contribution in [2.24, 2.45) is 0 Å². The quantitative estimate of drug-likeness (QED) is 0.568. The number of rotatable bonds is 4. The van der Waals surface area contributed by atoms with Crippen molar-refractivity contribution in [3.63, 3.8) is 0 Å². The maximum absolute atomic E-state index is 10.5. The summed E-state index contributed by atoms with van der Waals surface area (Å²) >= 11 is -2.00. The van der Waals surface area contributed by atoms with Gasteiger partial charge in [-0.25, -0.2) is 0 Å². The molecule has 0 saturated carbocycles. The number of hydrogen-bond donors (Lipinski definition) is 0. The van der Waals surface area contributed by atoms with E-state index in [0.717, 1.165) is 13.1 Å². The Labute approximate surface area is 75.2 Å². The standard InChI is InChI=1S/C7H15NO3S/c1-3-11-7(6-12(9)10)4-8(2)5-7/h3-6H2,1-2H3,(H,9,10)/p-1. The SMILES string of the molecule is CCOC1(CS(=O)[O-])CN(C)C1. The van der Waals surface area contributed by atoms with Crippen LogP contribution in [0.5, 0.6) is 0 Å². The van der Waals surface area contributed by atoms with Gasteiger partial charge in [0, 0.05) is 25.4 Å². The van der Waals surface area contributed by atoms with Crippen LogP contribution in [0.15, 0.2) is 0 Å². The molecule has 72 valence electrons. The topological polar surface area (TPSA) is 52.6 Å².